The summed E-state index contributed by atoms with van der Waals surface area (Å²) in [7, 11) is 0. The van der Waals surface area contributed by atoms with Crippen molar-refractivity contribution in [2.24, 2.45) is 0 Å². The molecule has 6 heteroatoms. The van der Waals surface area contributed by atoms with Gasteiger partial charge in [-0.3, -0.25) is 4.79 Å². The predicted molar refractivity (Wildman–Crippen MR) is 115 cm³/mol. The third-order valence-corrected chi connectivity index (χ3v) is 6.26. The van der Waals surface area contributed by atoms with E-state index in [-0.39, 0.29) is 5.91 Å². The van der Waals surface area contributed by atoms with Gasteiger partial charge in [-0.15, -0.1) is 0 Å². The Bertz CT molecular complexity index is 1020. The quantitative estimate of drug-likeness (QED) is 0.680. The lowest BCUT2D eigenvalue weighted by molar-refractivity contribution is -0.110. The number of β-amino-alcohol motifs (C(OH)–C–C–N with tert-alkyl or cyclic N) is 1. The Balaban J connectivity index is 1.29. The summed E-state index contributed by atoms with van der Waals surface area (Å²) < 4.78 is 5.97. The zero-order valence-electron chi connectivity index (χ0n) is 16.8. The summed E-state index contributed by atoms with van der Waals surface area (Å²) in [4.78, 5) is 14.8. The van der Waals surface area contributed by atoms with Crippen molar-refractivity contribution in [2.75, 3.05) is 25.0 Å². The van der Waals surface area contributed by atoms with Gasteiger partial charge in [0.15, 0.2) is 0 Å². The largest absolute Gasteiger partial charge is 0.487 e. The van der Waals surface area contributed by atoms with Crippen molar-refractivity contribution >= 4 is 22.9 Å². The zero-order valence-corrected chi connectivity index (χ0v) is 16.8. The average molecular weight is 406 g/mol. The monoisotopic (exact) mass is 406 g/mol. The SMILES string of the molecule is O=C1Nc2ccccc2/C1=C1\OCc2cc(CCCN3CC[C@H](O)[C@H](O)C3)ccc21. The summed E-state index contributed by atoms with van der Waals surface area (Å²) in [5, 5.41) is 22.4. The Morgan fingerprint density at radius 3 is 2.83 bits per heavy atom. The van der Waals surface area contributed by atoms with E-state index in [1.807, 2.05) is 24.3 Å². The maximum atomic E-state index is 12.5. The minimum Gasteiger partial charge on any atom is -0.487 e. The lowest BCUT2D eigenvalue weighted by Crippen LogP contribution is -2.46. The third kappa shape index (κ3) is 3.51. The van der Waals surface area contributed by atoms with Crippen LogP contribution in [0.5, 0.6) is 0 Å². The maximum absolute atomic E-state index is 12.5. The Hall–Kier alpha value is -2.67. The second-order valence-corrected chi connectivity index (χ2v) is 8.31. The number of fused-ring (bicyclic) bond motifs is 2. The molecule has 30 heavy (non-hydrogen) atoms. The number of hydrogen-bond acceptors (Lipinski definition) is 5. The number of hydrogen-bond donors (Lipinski definition) is 3. The van der Waals surface area contributed by atoms with Crippen molar-refractivity contribution in [3.63, 3.8) is 0 Å². The lowest BCUT2D eigenvalue weighted by Gasteiger charge is -2.33. The number of carbonyl (C=O) groups excluding carboxylic acids is 1. The molecule has 2 aromatic rings. The number of anilines is 1. The van der Waals surface area contributed by atoms with Crippen LogP contribution in [0.4, 0.5) is 5.69 Å². The van der Waals surface area contributed by atoms with E-state index in [9.17, 15) is 15.0 Å². The van der Waals surface area contributed by atoms with Crippen LogP contribution in [0.25, 0.3) is 11.3 Å². The zero-order chi connectivity index (χ0) is 20.7. The highest BCUT2D eigenvalue weighted by Crippen LogP contribution is 2.41. The fourth-order valence-electron chi connectivity index (χ4n) is 4.62. The van der Waals surface area contributed by atoms with E-state index >= 15 is 0 Å². The van der Waals surface area contributed by atoms with Crippen LogP contribution in [-0.2, 0) is 22.6 Å². The van der Waals surface area contributed by atoms with Crippen molar-refractivity contribution in [3.8, 4) is 0 Å². The summed E-state index contributed by atoms with van der Waals surface area (Å²) in [6.45, 7) is 2.76. The van der Waals surface area contributed by atoms with E-state index in [1.165, 1.54) is 5.56 Å². The molecule has 3 heterocycles. The van der Waals surface area contributed by atoms with E-state index in [1.54, 1.807) is 0 Å². The summed E-state index contributed by atoms with van der Waals surface area (Å²) in [6.07, 6.45) is 1.34. The van der Waals surface area contributed by atoms with E-state index in [4.69, 9.17) is 4.74 Å². The molecule has 2 aromatic carbocycles. The van der Waals surface area contributed by atoms with Crippen molar-refractivity contribution in [1.29, 1.82) is 0 Å². The normalized spacial score (nSPS) is 25.6. The smallest absolute Gasteiger partial charge is 0.260 e. The molecule has 0 unspecified atom stereocenters. The minimum atomic E-state index is -0.639. The number of aryl methyl sites for hydroxylation is 1. The molecule has 6 nitrogen and oxygen atoms in total. The van der Waals surface area contributed by atoms with Crippen LogP contribution in [-0.4, -0.2) is 52.9 Å². The Morgan fingerprint density at radius 2 is 1.97 bits per heavy atom. The molecule has 5 rings (SSSR count). The fourth-order valence-corrected chi connectivity index (χ4v) is 4.62. The van der Waals surface area contributed by atoms with Gasteiger partial charge in [0.2, 0.25) is 0 Å². The van der Waals surface area contributed by atoms with Crippen molar-refractivity contribution in [2.45, 2.75) is 38.1 Å². The van der Waals surface area contributed by atoms with E-state index < -0.39 is 12.2 Å². The molecule has 0 spiro atoms. The molecule has 0 saturated carbocycles. The molecule has 3 aliphatic rings. The number of rotatable bonds is 4. The fraction of sp³-hybridized carbons (Fsp3) is 0.375. The Morgan fingerprint density at radius 1 is 1.10 bits per heavy atom. The number of amides is 1. The van der Waals surface area contributed by atoms with E-state index in [0.29, 0.717) is 30.9 Å². The number of aliphatic hydroxyl groups excluding tert-OH is 2. The summed E-state index contributed by atoms with van der Waals surface area (Å²) in [6, 6.07) is 14.0. The number of aliphatic hydroxyl groups is 2. The minimum absolute atomic E-state index is 0.114. The van der Waals surface area contributed by atoms with Gasteiger partial charge in [0, 0.05) is 35.5 Å². The first kappa shape index (κ1) is 19.3. The Kier molecular flexibility index (Phi) is 5.06. The van der Waals surface area contributed by atoms with Gasteiger partial charge in [-0.05, 0) is 37.4 Å². The first-order chi connectivity index (χ1) is 14.6. The molecule has 1 fully saturated rings. The van der Waals surface area contributed by atoms with Crippen LogP contribution < -0.4 is 5.32 Å². The number of nitrogens with zero attached hydrogens (tertiary/aromatic N) is 1. The van der Waals surface area contributed by atoms with Crippen molar-refractivity contribution < 1.29 is 19.7 Å². The highest BCUT2D eigenvalue weighted by molar-refractivity contribution is 6.36. The number of likely N-dealkylation sites (tertiary alicyclic amines) is 1. The Labute approximate surface area is 175 Å². The van der Waals surface area contributed by atoms with Gasteiger partial charge >= 0.3 is 0 Å². The molecule has 2 atom stereocenters. The highest BCUT2D eigenvalue weighted by Gasteiger charge is 2.32. The van der Waals surface area contributed by atoms with E-state index in [2.05, 4.69) is 28.4 Å². The molecule has 0 aliphatic carbocycles. The first-order valence-corrected chi connectivity index (χ1v) is 10.6. The van der Waals surface area contributed by atoms with Gasteiger partial charge in [-0.1, -0.05) is 36.4 Å². The first-order valence-electron chi connectivity index (χ1n) is 10.6. The number of ether oxygens (including phenoxy) is 1. The van der Waals surface area contributed by atoms with Gasteiger partial charge in [0.1, 0.15) is 12.4 Å². The van der Waals surface area contributed by atoms with Gasteiger partial charge < -0.3 is 25.2 Å². The number of piperidine rings is 1. The number of para-hydroxylation sites is 1. The summed E-state index contributed by atoms with van der Waals surface area (Å²) in [5.74, 6) is 0.553. The van der Waals surface area contributed by atoms with Crippen LogP contribution in [0, 0.1) is 0 Å². The van der Waals surface area contributed by atoms with Gasteiger partial charge in [-0.2, -0.15) is 0 Å². The summed E-state index contributed by atoms with van der Waals surface area (Å²) >= 11 is 0. The molecule has 0 bridgehead atoms. The summed E-state index contributed by atoms with van der Waals surface area (Å²) in [5.41, 5.74) is 5.69. The molecule has 1 amide bonds. The van der Waals surface area contributed by atoms with Crippen molar-refractivity contribution in [3.05, 3.63) is 64.7 Å². The van der Waals surface area contributed by atoms with Crippen LogP contribution in [0.15, 0.2) is 42.5 Å². The number of nitrogens with one attached hydrogen (secondary N) is 1. The lowest BCUT2D eigenvalue weighted by atomic mass is 9.98. The molecule has 3 N–H and O–H groups in total. The topological polar surface area (TPSA) is 82.0 Å². The molecule has 0 radical (unpaired) electrons. The van der Waals surface area contributed by atoms with Crippen LogP contribution in [0.3, 0.4) is 0 Å². The van der Waals surface area contributed by atoms with Gasteiger partial charge in [0.05, 0.1) is 17.8 Å². The predicted octanol–water partition coefficient (Wildman–Crippen LogP) is 2.40. The van der Waals surface area contributed by atoms with Gasteiger partial charge in [0.25, 0.3) is 5.91 Å². The van der Waals surface area contributed by atoms with Gasteiger partial charge in [-0.25, -0.2) is 0 Å². The molecule has 1 saturated heterocycles. The highest BCUT2D eigenvalue weighted by atomic mass is 16.5. The molecular formula is C24H26N2O4. The standard InChI is InChI=1S/C24H26N2O4/c27-20-9-11-26(13-21(20)28)10-3-4-15-7-8-17-16(12-15)14-30-23(17)22-18-5-1-2-6-19(18)25-24(22)29/h1-2,5-8,12,20-21,27-28H,3-4,9-11,13-14H2,(H,25,29)/b23-22+/t20-,21+/m0/s1. The molecular weight excluding hydrogens is 380 g/mol. The van der Waals surface area contributed by atoms with Crippen LogP contribution >= 0.6 is 0 Å². The van der Waals surface area contributed by atoms with Crippen molar-refractivity contribution in [1.82, 2.24) is 4.90 Å². The second kappa shape index (κ2) is 7.87. The number of benzene rings is 2. The maximum Gasteiger partial charge on any atom is 0.260 e. The van der Waals surface area contributed by atoms with Crippen LogP contribution in [0.1, 0.15) is 35.1 Å². The molecule has 156 valence electrons. The molecule has 3 aliphatic heterocycles. The van der Waals surface area contributed by atoms with E-state index in [0.717, 1.165) is 48.3 Å². The second-order valence-electron chi connectivity index (χ2n) is 8.31. The third-order valence-electron chi connectivity index (χ3n) is 6.26. The molecule has 0 aromatic heterocycles. The number of carbonyl (C=O) groups is 1. The average Bonchev–Trinajstić information content (AvgIpc) is 3.29. The van der Waals surface area contributed by atoms with Crippen LogP contribution in [0.2, 0.25) is 0 Å².